The number of aromatic nitrogens is 3. The summed E-state index contributed by atoms with van der Waals surface area (Å²) < 4.78 is 6.78. The first-order valence-corrected chi connectivity index (χ1v) is 9.49. The molecule has 1 aliphatic rings. The van der Waals surface area contributed by atoms with Crippen LogP contribution in [0.1, 0.15) is 16.3 Å². The Balaban J connectivity index is 1.50. The Labute approximate surface area is 155 Å². The largest absolute Gasteiger partial charge is 0.379 e. The third kappa shape index (κ3) is 3.77. The Morgan fingerprint density at radius 2 is 2.08 bits per heavy atom. The number of hydrogen-bond acceptors (Lipinski definition) is 7. The molecule has 0 amide bonds. The number of ether oxygens (including phenoxy) is 1. The van der Waals surface area contributed by atoms with E-state index in [0.717, 1.165) is 49.2 Å². The fourth-order valence-electron chi connectivity index (χ4n) is 3.06. The zero-order valence-electron chi connectivity index (χ0n) is 14.6. The molecule has 3 aromatic rings. The number of aryl methyl sites for hydroxylation is 1. The summed E-state index contributed by atoms with van der Waals surface area (Å²) in [5.41, 5.74) is 2.89. The molecule has 4 rings (SSSR count). The summed E-state index contributed by atoms with van der Waals surface area (Å²) in [6.07, 6.45) is 0. The van der Waals surface area contributed by atoms with Crippen molar-refractivity contribution in [3.05, 3.63) is 57.0 Å². The zero-order valence-corrected chi connectivity index (χ0v) is 15.5. The molecule has 2 aromatic heterocycles. The smallest absolute Gasteiger partial charge is 0.275 e. The van der Waals surface area contributed by atoms with E-state index in [2.05, 4.69) is 38.5 Å². The molecule has 1 N–H and O–H groups in total. The fraction of sp³-hybridized carbons (Fsp3) is 0.389. The van der Waals surface area contributed by atoms with Crippen molar-refractivity contribution in [1.82, 2.24) is 19.5 Å². The Hall–Kier alpha value is -2.29. The van der Waals surface area contributed by atoms with Crippen molar-refractivity contribution in [2.75, 3.05) is 31.6 Å². The van der Waals surface area contributed by atoms with Gasteiger partial charge in [0.2, 0.25) is 4.96 Å². The van der Waals surface area contributed by atoms with Gasteiger partial charge in [0.1, 0.15) is 5.01 Å². The molecule has 1 fully saturated rings. The summed E-state index contributed by atoms with van der Waals surface area (Å²) in [4.78, 5) is 19.7. The molecular weight excluding hydrogens is 350 g/mol. The van der Waals surface area contributed by atoms with E-state index in [9.17, 15) is 4.79 Å². The standard InChI is InChI=1S/C18H21N5O2S/c1-13-21-23-17(24)10-15(20-18(23)26-13)11-19-16-5-3-2-4-14(16)12-22-6-8-25-9-7-22/h2-5,10,19H,6-9,11-12H2,1H3. The van der Waals surface area contributed by atoms with Crippen LogP contribution in [-0.2, 0) is 17.8 Å². The van der Waals surface area contributed by atoms with Crippen LogP contribution in [0.15, 0.2) is 35.1 Å². The summed E-state index contributed by atoms with van der Waals surface area (Å²) in [5, 5.41) is 8.44. The SMILES string of the molecule is Cc1nn2c(=O)cc(CNc3ccccc3CN3CCOCC3)nc2s1. The fourth-order valence-corrected chi connectivity index (χ4v) is 3.83. The highest BCUT2D eigenvalue weighted by Crippen LogP contribution is 2.19. The Morgan fingerprint density at radius 3 is 2.92 bits per heavy atom. The maximum absolute atomic E-state index is 12.2. The van der Waals surface area contributed by atoms with Gasteiger partial charge < -0.3 is 10.1 Å². The van der Waals surface area contributed by atoms with Crippen molar-refractivity contribution in [2.24, 2.45) is 0 Å². The number of hydrogen-bond donors (Lipinski definition) is 1. The zero-order chi connectivity index (χ0) is 17.9. The Kier molecular flexibility index (Phi) is 4.96. The van der Waals surface area contributed by atoms with Gasteiger partial charge in [-0.05, 0) is 18.6 Å². The maximum Gasteiger partial charge on any atom is 0.275 e. The number of para-hydroxylation sites is 1. The molecule has 0 atom stereocenters. The van der Waals surface area contributed by atoms with E-state index in [1.807, 2.05) is 13.0 Å². The lowest BCUT2D eigenvalue weighted by Crippen LogP contribution is -2.35. The van der Waals surface area contributed by atoms with Crippen LogP contribution in [0.2, 0.25) is 0 Å². The number of nitrogens with zero attached hydrogens (tertiary/aromatic N) is 4. The molecule has 1 saturated heterocycles. The van der Waals surface area contributed by atoms with Gasteiger partial charge in [0.25, 0.3) is 5.56 Å². The summed E-state index contributed by atoms with van der Waals surface area (Å²) in [6, 6.07) is 9.82. The van der Waals surface area contributed by atoms with E-state index >= 15 is 0 Å². The molecule has 0 spiro atoms. The van der Waals surface area contributed by atoms with Crippen molar-refractivity contribution < 1.29 is 4.74 Å². The van der Waals surface area contributed by atoms with E-state index in [1.165, 1.54) is 21.4 Å². The predicted octanol–water partition coefficient (Wildman–Crippen LogP) is 1.90. The second-order valence-electron chi connectivity index (χ2n) is 6.30. The van der Waals surface area contributed by atoms with Gasteiger partial charge >= 0.3 is 0 Å². The van der Waals surface area contributed by atoms with Crippen molar-refractivity contribution in [1.29, 1.82) is 0 Å². The molecule has 0 saturated carbocycles. The molecule has 3 heterocycles. The number of anilines is 1. The normalized spacial score (nSPS) is 15.4. The maximum atomic E-state index is 12.2. The number of nitrogens with one attached hydrogen (secondary N) is 1. The minimum atomic E-state index is -0.141. The van der Waals surface area contributed by atoms with Crippen LogP contribution in [-0.4, -0.2) is 45.8 Å². The van der Waals surface area contributed by atoms with Gasteiger partial charge in [-0.3, -0.25) is 9.69 Å². The molecule has 0 bridgehead atoms. The van der Waals surface area contributed by atoms with Crippen LogP contribution >= 0.6 is 11.3 Å². The van der Waals surface area contributed by atoms with Crippen molar-refractivity contribution in [3.63, 3.8) is 0 Å². The summed E-state index contributed by atoms with van der Waals surface area (Å²) >= 11 is 1.42. The van der Waals surface area contributed by atoms with Crippen LogP contribution in [0.25, 0.3) is 4.96 Å². The van der Waals surface area contributed by atoms with Gasteiger partial charge in [0.05, 0.1) is 25.5 Å². The van der Waals surface area contributed by atoms with E-state index < -0.39 is 0 Å². The van der Waals surface area contributed by atoms with Crippen molar-refractivity contribution in [2.45, 2.75) is 20.0 Å². The molecule has 0 unspecified atom stereocenters. The van der Waals surface area contributed by atoms with Gasteiger partial charge in [-0.15, -0.1) is 0 Å². The Bertz CT molecular complexity index is 962. The van der Waals surface area contributed by atoms with Crippen molar-refractivity contribution in [3.8, 4) is 0 Å². The van der Waals surface area contributed by atoms with E-state index in [4.69, 9.17) is 4.74 Å². The summed E-state index contributed by atoms with van der Waals surface area (Å²) in [6.45, 7) is 6.74. The number of morpholine rings is 1. The van der Waals surface area contributed by atoms with Crippen LogP contribution in [0.4, 0.5) is 5.69 Å². The second-order valence-corrected chi connectivity index (χ2v) is 7.46. The van der Waals surface area contributed by atoms with Crippen LogP contribution in [0.5, 0.6) is 0 Å². The molecule has 7 nitrogen and oxygen atoms in total. The third-order valence-electron chi connectivity index (χ3n) is 4.37. The number of rotatable bonds is 5. The number of benzene rings is 1. The van der Waals surface area contributed by atoms with Gasteiger partial charge in [-0.25, -0.2) is 4.98 Å². The molecule has 0 aliphatic carbocycles. The van der Waals surface area contributed by atoms with Crippen LogP contribution in [0.3, 0.4) is 0 Å². The minimum Gasteiger partial charge on any atom is -0.379 e. The topological polar surface area (TPSA) is 71.8 Å². The van der Waals surface area contributed by atoms with Crippen LogP contribution < -0.4 is 10.9 Å². The van der Waals surface area contributed by atoms with E-state index in [0.29, 0.717) is 11.5 Å². The van der Waals surface area contributed by atoms with Crippen molar-refractivity contribution >= 4 is 22.0 Å². The van der Waals surface area contributed by atoms with E-state index in [1.54, 1.807) is 6.07 Å². The first-order chi connectivity index (χ1) is 12.7. The van der Waals surface area contributed by atoms with Gasteiger partial charge in [-0.1, -0.05) is 29.5 Å². The third-order valence-corrected chi connectivity index (χ3v) is 5.20. The van der Waals surface area contributed by atoms with Gasteiger partial charge in [0.15, 0.2) is 0 Å². The Morgan fingerprint density at radius 1 is 1.27 bits per heavy atom. The lowest BCUT2D eigenvalue weighted by atomic mass is 10.1. The average molecular weight is 371 g/mol. The minimum absolute atomic E-state index is 0.141. The molecule has 0 radical (unpaired) electrons. The molecule has 1 aromatic carbocycles. The summed E-state index contributed by atoms with van der Waals surface area (Å²) in [5.74, 6) is 0. The summed E-state index contributed by atoms with van der Waals surface area (Å²) in [7, 11) is 0. The quantitative estimate of drug-likeness (QED) is 0.739. The molecule has 1 aliphatic heterocycles. The van der Waals surface area contributed by atoms with E-state index in [-0.39, 0.29) is 5.56 Å². The molecule has 8 heteroatoms. The first-order valence-electron chi connectivity index (χ1n) is 8.67. The molecule has 26 heavy (non-hydrogen) atoms. The molecular formula is C18H21N5O2S. The first kappa shape index (κ1) is 17.1. The second kappa shape index (κ2) is 7.53. The lowest BCUT2D eigenvalue weighted by molar-refractivity contribution is 0.0342. The monoisotopic (exact) mass is 371 g/mol. The average Bonchev–Trinajstić information content (AvgIpc) is 3.03. The highest BCUT2D eigenvalue weighted by molar-refractivity contribution is 7.16. The predicted molar refractivity (Wildman–Crippen MR) is 102 cm³/mol. The highest BCUT2D eigenvalue weighted by Gasteiger charge is 2.13. The lowest BCUT2D eigenvalue weighted by Gasteiger charge is -2.27. The van der Waals surface area contributed by atoms with Crippen LogP contribution in [0, 0.1) is 6.92 Å². The van der Waals surface area contributed by atoms with Gasteiger partial charge in [0, 0.05) is 31.4 Å². The van der Waals surface area contributed by atoms with Gasteiger partial charge in [-0.2, -0.15) is 9.61 Å². The number of fused-ring (bicyclic) bond motifs is 1. The molecule has 136 valence electrons. The highest BCUT2D eigenvalue weighted by atomic mass is 32.1.